The molecule has 0 radical (unpaired) electrons. The van der Waals surface area contributed by atoms with Crippen molar-refractivity contribution in [2.75, 3.05) is 32.3 Å². The molecule has 0 fully saturated rings. The van der Waals surface area contributed by atoms with Crippen LogP contribution in [0, 0.1) is 0 Å². The van der Waals surface area contributed by atoms with Crippen LogP contribution in [-0.4, -0.2) is 48.0 Å². The molecule has 0 spiro atoms. The molecule has 3 N–H and O–H groups in total. The normalized spacial score (nSPS) is 11.8. The summed E-state index contributed by atoms with van der Waals surface area (Å²) >= 11 is 0. The van der Waals surface area contributed by atoms with Gasteiger partial charge in [0.05, 0.1) is 7.11 Å². The molecule has 94 valence electrons. The monoisotopic (exact) mass is 239 g/mol. The second kappa shape index (κ2) is 5.33. The van der Waals surface area contributed by atoms with Gasteiger partial charge in [0.15, 0.2) is 11.6 Å². The summed E-state index contributed by atoms with van der Waals surface area (Å²) in [5.74, 6) is 0.910. The average molecular weight is 239 g/mol. The van der Waals surface area contributed by atoms with Crippen molar-refractivity contribution in [3.05, 3.63) is 6.33 Å². The predicted molar refractivity (Wildman–Crippen MR) is 64.8 cm³/mol. The minimum atomic E-state index is -0.423. The van der Waals surface area contributed by atoms with E-state index in [1.807, 2.05) is 0 Å². The van der Waals surface area contributed by atoms with Crippen molar-refractivity contribution >= 4 is 17.5 Å². The molecule has 1 aromatic heterocycles. The van der Waals surface area contributed by atoms with Gasteiger partial charge in [0.1, 0.15) is 12.4 Å². The first-order valence-electron chi connectivity index (χ1n) is 5.09. The van der Waals surface area contributed by atoms with E-state index < -0.39 is 6.04 Å². The van der Waals surface area contributed by atoms with Crippen molar-refractivity contribution < 1.29 is 9.53 Å². The van der Waals surface area contributed by atoms with Gasteiger partial charge in [-0.3, -0.25) is 4.79 Å². The van der Waals surface area contributed by atoms with Crippen molar-refractivity contribution in [2.24, 2.45) is 0 Å². The molecular formula is C10H17N5O2. The maximum Gasteiger partial charge on any atom is 0.244 e. The summed E-state index contributed by atoms with van der Waals surface area (Å²) in [5, 5.41) is 2.94. The Morgan fingerprint density at radius 3 is 2.71 bits per heavy atom. The minimum absolute atomic E-state index is 0.0655. The number of hydrogen-bond acceptors (Lipinski definition) is 6. The molecule has 7 heteroatoms. The summed E-state index contributed by atoms with van der Waals surface area (Å²) < 4.78 is 5.08. The number of methoxy groups -OCH3 is 1. The van der Waals surface area contributed by atoms with Crippen molar-refractivity contribution in [3.63, 3.8) is 0 Å². The van der Waals surface area contributed by atoms with E-state index in [9.17, 15) is 4.79 Å². The highest BCUT2D eigenvalue weighted by Gasteiger charge is 2.18. The summed E-state index contributed by atoms with van der Waals surface area (Å²) in [7, 11) is 4.84. The first-order chi connectivity index (χ1) is 7.97. The van der Waals surface area contributed by atoms with E-state index in [1.54, 1.807) is 21.0 Å². The molecule has 0 aliphatic heterocycles. The zero-order chi connectivity index (χ0) is 13.0. The van der Waals surface area contributed by atoms with Crippen LogP contribution < -0.4 is 15.8 Å². The van der Waals surface area contributed by atoms with Crippen LogP contribution >= 0.6 is 0 Å². The number of amides is 1. The lowest BCUT2D eigenvalue weighted by Gasteiger charge is -2.19. The molecule has 0 aromatic carbocycles. The number of carbonyl (C=O) groups is 1. The lowest BCUT2D eigenvalue weighted by molar-refractivity contribution is -0.129. The Kier molecular flexibility index (Phi) is 4.08. The van der Waals surface area contributed by atoms with Crippen molar-refractivity contribution in [2.45, 2.75) is 13.0 Å². The van der Waals surface area contributed by atoms with Crippen LogP contribution in [0.2, 0.25) is 0 Å². The van der Waals surface area contributed by atoms with Crippen LogP contribution in [0.3, 0.4) is 0 Å². The number of ether oxygens (including phenoxy) is 1. The smallest absolute Gasteiger partial charge is 0.244 e. The number of anilines is 2. The van der Waals surface area contributed by atoms with E-state index in [-0.39, 0.29) is 11.7 Å². The van der Waals surface area contributed by atoms with E-state index in [4.69, 9.17) is 10.5 Å². The zero-order valence-corrected chi connectivity index (χ0v) is 10.4. The number of nitrogens with two attached hydrogens (primary N) is 1. The number of rotatable bonds is 4. The molecule has 0 saturated heterocycles. The highest BCUT2D eigenvalue weighted by molar-refractivity contribution is 5.84. The van der Waals surface area contributed by atoms with E-state index >= 15 is 0 Å². The van der Waals surface area contributed by atoms with E-state index in [2.05, 4.69) is 15.3 Å². The highest BCUT2D eigenvalue weighted by atomic mass is 16.5. The molecule has 0 aliphatic carbocycles. The standard InChI is InChI=1S/C10H17N5O2/c1-6(10(16)15(2)3)14-9-7(17-4)8(11)12-5-13-9/h5-6H,1-4H3,(H3,11,12,13,14). The Labute approximate surface area is 100.0 Å². The Bertz CT molecular complexity index is 408. The maximum atomic E-state index is 11.7. The number of aromatic nitrogens is 2. The topological polar surface area (TPSA) is 93.4 Å². The molecule has 0 bridgehead atoms. The zero-order valence-electron chi connectivity index (χ0n) is 10.4. The molecule has 1 amide bonds. The third-order valence-electron chi connectivity index (χ3n) is 2.20. The Morgan fingerprint density at radius 2 is 2.18 bits per heavy atom. The van der Waals surface area contributed by atoms with Crippen LogP contribution in [0.1, 0.15) is 6.92 Å². The summed E-state index contributed by atoms with van der Waals surface area (Å²) in [4.78, 5) is 21.0. The molecular weight excluding hydrogens is 222 g/mol. The van der Waals surface area contributed by atoms with Crippen molar-refractivity contribution in [3.8, 4) is 5.75 Å². The van der Waals surface area contributed by atoms with Crippen LogP contribution in [0.25, 0.3) is 0 Å². The number of nitrogen functional groups attached to an aromatic ring is 1. The molecule has 17 heavy (non-hydrogen) atoms. The fourth-order valence-electron chi connectivity index (χ4n) is 1.35. The lowest BCUT2D eigenvalue weighted by atomic mass is 10.3. The molecule has 0 saturated carbocycles. The van der Waals surface area contributed by atoms with E-state index in [0.717, 1.165) is 0 Å². The maximum absolute atomic E-state index is 11.7. The number of carbonyl (C=O) groups excluding carboxylic acids is 1. The SMILES string of the molecule is COc1c(N)ncnc1NC(C)C(=O)N(C)C. The van der Waals surface area contributed by atoms with Gasteiger partial charge in [-0.15, -0.1) is 0 Å². The summed E-state index contributed by atoms with van der Waals surface area (Å²) in [6, 6.07) is -0.423. The summed E-state index contributed by atoms with van der Waals surface area (Å²) in [6.45, 7) is 1.74. The first kappa shape index (κ1) is 13.0. The third kappa shape index (κ3) is 2.96. The van der Waals surface area contributed by atoms with Gasteiger partial charge in [-0.2, -0.15) is 0 Å². The number of likely N-dealkylation sites (N-methyl/N-ethyl adjacent to an activating group) is 1. The quantitative estimate of drug-likeness (QED) is 0.765. The largest absolute Gasteiger partial charge is 0.490 e. The Balaban J connectivity index is 2.88. The van der Waals surface area contributed by atoms with Crippen LogP contribution in [0.5, 0.6) is 5.75 Å². The van der Waals surface area contributed by atoms with Gasteiger partial charge in [0.25, 0.3) is 0 Å². The second-order valence-corrected chi connectivity index (χ2v) is 3.74. The first-order valence-corrected chi connectivity index (χ1v) is 5.09. The Hall–Kier alpha value is -2.05. The van der Waals surface area contributed by atoms with Crippen LogP contribution in [0.4, 0.5) is 11.6 Å². The van der Waals surface area contributed by atoms with E-state index in [1.165, 1.54) is 18.3 Å². The molecule has 1 rings (SSSR count). The predicted octanol–water partition coefficient (Wildman–Crippen LogP) is -0.0440. The Morgan fingerprint density at radius 1 is 1.53 bits per heavy atom. The molecule has 7 nitrogen and oxygen atoms in total. The third-order valence-corrected chi connectivity index (χ3v) is 2.20. The fourth-order valence-corrected chi connectivity index (χ4v) is 1.35. The van der Waals surface area contributed by atoms with E-state index in [0.29, 0.717) is 11.6 Å². The van der Waals surface area contributed by atoms with Crippen molar-refractivity contribution in [1.29, 1.82) is 0 Å². The number of nitrogens with one attached hydrogen (secondary N) is 1. The molecule has 1 heterocycles. The second-order valence-electron chi connectivity index (χ2n) is 3.74. The highest BCUT2D eigenvalue weighted by Crippen LogP contribution is 2.26. The lowest BCUT2D eigenvalue weighted by Crippen LogP contribution is -2.37. The molecule has 1 aromatic rings. The summed E-state index contributed by atoms with van der Waals surface area (Å²) in [5.41, 5.74) is 5.63. The van der Waals surface area contributed by atoms with Gasteiger partial charge in [-0.25, -0.2) is 9.97 Å². The fraction of sp³-hybridized carbons (Fsp3) is 0.500. The summed E-state index contributed by atoms with van der Waals surface area (Å²) in [6.07, 6.45) is 1.31. The minimum Gasteiger partial charge on any atom is -0.490 e. The van der Waals surface area contributed by atoms with Crippen molar-refractivity contribution in [1.82, 2.24) is 14.9 Å². The molecule has 0 aliphatic rings. The van der Waals surface area contributed by atoms with Crippen LogP contribution in [0.15, 0.2) is 6.33 Å². The average Bonchev–Trinajstić information content (AvgIpc) is 2.28. The number of hydrogen-bond donors (Lipinski definition) is 2. The molecule has 1 atom stereocenters. The van der Waals surface area contributed by atoms with Gasteiger partial charge in [-0.05, 0) is 6.92 Å². The van der Waals surface area contributed by atoms with Crippen LogP contribution in [-0.2, 0) is 4.79 Å². The van der Waals surface area contributed by atoms with Gasteiger partial charge in [0, 0.05) is 14.1 Å². The number of nitrogens with zero attached hydrogens (tertiary/aromatic N) is 3. The van der Waals surface area contributed by atoms with Gasteiger partial charge >= 0.3 is 0 Å². The van der Waals surface area contributed by atoms with Gasteiger partial charge in [-0.1, -0.05) is 0 Å². The van der Waals surface area contributed by atoms with Gasteiger partial charge < -0.3 is 20.7 Å². The molecule has 1 unspecified atom stereocenters. The van der Waals surface area contributed by atoms with Gasteiger partial charge in [0.2, 0.25) is 11.7 Å².